The number of fused-ring (bicyclic) bond motifs is 1. The zero-order valence-corrected chi connectivity index (χ0v) is 12.2. The van der Waals surface area contributed by atoms with Crippen molar-refractivity contribution in [1.82, 2.24) is 15.2 Å². The molecule has 2 heterocycles. The predicted octanol–water partition coefficient (Wildman–Crippen LogP) is 2.81. The molecular weight excluding hydrogens is 246 g/mol. The zero-order valence-electron chi connectivity index (χ0n) is 12.2. The van der Waals surface area contributed by atoms with Crippen LogP contribution in [0.5, 0.6) is 0 Å². The van der Waals surface area contributed by atoms with Crippen molar-refractivity contribution in [2.24, 2.45) is 0 Å². The molecule has 1 aliphatic heterocycles. The van der Waals surface area contributed by atoms with Gasteiger partial charge < -0.3 is 5.32 Å². The highest BCUT2D eigenvalue weighted by molar-refractivity contribution is 5.84. The summed E-state index contributed by atoms with van der Waals surface area (Å²) >= 11 is 0. The maximum absolute atomic E-state index is 4.19. The van der Waals surface area contributed by atoms with Gasteiger partial charge in [-0.05, 0) is 42.9 Å². The Bertz CT molecular complexity index is 562. The van der Waals surface area contributed by atoms with Gasteiger partial charge in [-0.25, -0.2) is 0 Å². The average molecular weight is 269 g/mol. The van der Waals surface area contributed by atoms with E-state index in [1.165, 1.54) is 42.3 Å². The molecule has 0 aliphatic carbocycles. The second-order valence-electron chi connectivity index (χ2n) is 5.57. The van der Waals surface area contributed by atoms with Gasteiger partial charge in [-0.15, -0.1) is 0 Å². The lowest BCUT2D eigenvalue weighted by atomic mass is 10.1. The molecule has 20 heavy (non-hydrogen) atoms. The molecule has 1 saturated heterocycles. The number of nitrogens with zero attached hydrogens (tertiary/aromatic N) is 2. The van der Waals surface area contributed by atoms with E-state index in [2.05, 4.69) is 46.4 Å². The van der Waals surface area contributed by atoms with Gasteiger partial charge in [-0.1, -0.05) is 25.1 Å². The van der Waals surface area contributed by atoms with Crippen LogP contribution in [0.15, 0.2) is 36.7 Å². The van der Waals surface area contributed by atoms with Crippen LogP contribution in [0.1, 0.15) is 25.3 Å². The summed E-state index contributed by atoms with van der Waals surface area (Å²) in [6, 6.07) is 9.29. The Balaban J connectivity index is 1.63. The molecule has 0 radical (unpaired) electrons. The Morgan fingerprint density at radius 2 is 2.30 bits per heavy atom. The Morgan fingerprint density at radius 3 is 3.20 bits per heavy atom. The quantitative estimate of drug-likeness (QED) is 0.904. The van der Waals surface area contributed by atoms with Crippen molar-refractivity contribution in [1.29, 1.82) is 0 Å². The van der Waals surface area contributed by atoms with Crippen LogP contribution in [-0.2, 0) is 6.54 Å². The van der Waals surface area contributed by atoms with Gasteiger partial charge in [0.25, 0.3) is 0 Å². The van der Waals surface area contributed by atoms with E-state index >= 15 is 0 Å². The Morgan fingerprint density at radius 1 is 1.35 bits per heavy atom. The van der Waals surface area contributed by atoms with E-state index in [0.29, 0.717) is 0 Å². The summed E-state index contributed by atoms with van der Waals surface area (Å²) in [5.74, 6) is 0. The van der Waals surface area contributed by atoms with Crippen LogP contribution in [0.25, 0.3) is 10.8 Å². The average Bonchev–Trinajstić information content (AvgIpc) is 2.95. The zero-order chi connectivity index (χ0) is 13.8. The topological polar surface area (TPSA) is 28.2 Å². The van der Waals surface area contributed by atoms with E-state index in [0.717, 1.165) is 19.1 Å². The molecule has 0 spiro atoms. The van der Waals surface area contributed by atoms with E-state index in [-0.39, 0.29) is 0 Å². The smallest absolute Gasteiger partial charge is 0.0346 e. The van der Waals surface area contributed by atoms with E-state index in [9.17, 15) is 0 Å². The number of pyridine rings is 1. The maximum Gasteiger partial charge on any atom is 0.0346 e. The van der Waals surface area contributed by atoms with Gasteiger partial charge in [-0.3, -0.25) is 9.88 Å². The number of hydrogen-bond donors (Lipinski definition) is 1. The minimum Gasteiger partial charge on any atom is -0.311 e. The summed E-state index contributed by atoms with van der Waals surface area (Å²) in [6.07, 6.45) is 6.50. The fourth-order valence-corrected chi connectivity index (χ4v) is 3.26. The Labute approximate surface area is 121 Å². The van der Waals surface area contributed by atoms with Crippen molar-refractivity contribution in [2.45, 2.75) is 32.4 Å². The standard InChI is InChI=1S/C17H23N3/c1-2-20-10-4-7-16(20)13-19-12-15-6-3-5-14-11-18-9-8-17(14)15/h3,5-6,8-9,11,16,19H,2,4,7,10,12-13H2,1H3. The van der Waals surface area contributed by atoms with Crippen molar-refractivity contribution >= 4 is 10.8 Å². The predicted molar refractivity (Wildman–Crippen MR) is 83.7 cm³/mol. The van der Waals surface area contributed by atoms with Gasteiger partial charge in [-0.2, -0.15) is 0 Å². The summed E-state index contributed by atoms with van der Waals surface area (Å²) < 4.78 is 0. The minimum atomic E-state index is 0.719. The number of likely N-dealkylation sites (N-methyl/N-ethyl adjacent to an activating group) is 1. The lowest BCUT2D eigenvalue weighted by Gasteiger charge is -2.23. The third-order valence-electron chi connectivity index (χ3n) is 4.37. The van der Waals surface area contributed by atoms with Gasteiger partial charge >= 0.3 is 0 Å². The molecule has 3 nitrogen and oxygen atoms in total. The minimum absolute atomic E-state index is 0.719. The lowest BCUT2D eigenvalue weighted by Crippen LogP contribution is -2.37. The first-order chi connectivity index (χ1) is 9.88. The van der Waals surface area contributed by atoms with Gasteiger partial charge in [0.15, 0.2) is 0 Å². The Kier molecular flexibility index (Phi) is 4.28. The van der Waals surface area contributed by atoms with Gasteiger partial charge in [0, 0.05) is 36.9 Å². The second kappa shape index (κ2) is 6.33. The van der Waals surface area contributed by atoms with Crippen LogP contribution < -0.4 is 5.32 Å². The molecule has 0 bridgehead atoms. The first-order valence-corrected chi connectivity index (χ1v) is 7.65. The van der Waals surface area contributed by atoms with Crippen LogP contribution in [0.3, 0.4) is 0 Å². The summed E-state index contributed by atoms with van der Waals surface area (Å²) in [5, 5.41) is 6.18. The summed E-state index contributed by atoms with van der Waals surface area (Å²) in [5.41, 5.74) is 1.37. The molecular formula is C17H23N3. The molecule has 3 heteroatoms. The van der Waals surface area contributed by atoms with Crippen LogP contribution in [0.2, 0.25) is 0 Å². The molecule has 1 atom stereocenters. The molecule has 106 valence electrons. The first kappa shape index (κ1) is 13.5. The highest BCUT2D eigenvalue weighted by Crippen LogP contribution is 2.18. The third kappa shape index (κ3) is 2.84. The number of hydrogen-bond acceptors (Lipinski definition) is 3. The normalized spacial score (nSPS) is 19.8. The molecule has 3 rings (SSSR count). The molecule has 1 aromatic carbocycles. The number of aromatic nitrogens is 1. The molecule has 2 aromatic rings. The van der Waals surface area contributed by atoms with Crippen LogP contribution in [0, 0.1) is 0 Å². The van der Waals surface area contributed by atoms with Crippen LogP contribution >= 0.6 is 0 Å². The van der Waals surface area contributed by atoms with E-state index in [4.69, 9.17) is 0 Å². The van der Waals surface area contributed by atoms with Crippen LogP contribution in [-0.4, -0.2) is 35.6 Å². The Hall–Kier alpha value is -1.45. The summed E-state index contributed by atoms with van der Waals surface area (Å²) in [6.45, 7) is 6.73. The van der Waals surface area contributed by atoms with Crippen molar-refractivity contribution in [2.75, 3.05) is 19.6 Å². The SMILES string of the molecule is CCN1CCCC1CNCc1cccc2cnccc12. The largest absolute Gasteiger partial charge is 0.311 e. The number of benzene rings is 1. The number of rotatable bonds is 5. The number of nitrogens with one attached hydrogen (secondary N) is 1. The van der Waals surface area contributed by atoms with Gasteiger partial charge in [0.1, 0.15) is 0 Å². The third-order valence-corrected chi connectivity index (χ3v) is 4.37. The monoisotopic (exact) mass is 269 g/mol. The van der Waals surface area contributed by atoms with Crippen molar-refractivity contribution in [3.05, 3.63) is 42.2 Å². The van der Waals surface area contributed by atoms with Crippen molar-refractivity contribution in [3.8, 4) is 0 Å². The fraction of sp³-hybridized carbons (Fsp3) is 0.471. The van der Waals surface area contributed by atoms with Crippen molar-refractivity contribution < 1.29 is 0 Å². The maximum atomic E-state index is 4.19. The van der Waals surface area contributed by atoms with Crippen LogP contribution in [0.4, 0.5) is 0 Å². The second-order valence-corrected chi connectivity index (χ2v) is 5.57. The van der Waals surface area contributed by atoms with Crippen molar-refractivity contribution in [3.63, 3.8) is 0 Å². The number of likely N-dealkylation sites (tertiary alicyclic amines) is 1. The lowest BCUT2D eigenvalue weighted by molar-refractivity contribution is 0.260. The summed E-state index contributed by atoms with van der Waals surface area (Å²) in [4.78, 5) is 6.77. The van der Waals surface area contributed by atoms with E-state index in [1.54, 1.807) is 0 Å². The highest BCUT2D eigenvalue weighted by Gasteiger charge is 2.22. The molecule has 1 aliphatic rings. The summed E-state index contributed by atoms with van der Waals surface area (Å²) in [7, 11) is 0. The van der Waals surface area contributed by atoms with E-state index in [1.807, 2.05) is 12.4 Å². The molecule has 1 aromatic heterocycles. The fourth-order valence-electron chi connectivity index (χ4n) is 3.26. The highest BCUT2D eigenvalue weighted by atomic mass is 15.2. The van der Waals surface area contributed by atoms with Gasteiger partial charge in [0.2, 0.25) is 0 Å². The molecule has 0 saturated carbocycles. The van der Waals surface area contributed by atoms with E-state index < -0.39 is 0 Å². The molecule has 1 fully saturated rings. The first-order valence-electron chi connectivity index (χ1n) is 7.65. The van der Waals surface area contributed by atoms with Gasteiger partial charge in [0.05, 0.1) is 0 Å². The molecule has 1 N–H and O–H groups in total. The molecule has 1 unspecified atom stereocenters. The molecule has 0 amide bonds.